The summed E-state index contributed by atoms with van der Waals surface area (Å²) in [5.41, 5.74) is 3.86. The molecule has 1 N–H and O–H groups in total. The molecule has 1 saturated heterocycles. The Bertz CT molecular complexity index is 706. The third-order valence-electron chi connectivity index (χ3n) is 5.52. The van der Waals surface area contributed by atoms with E-state index in [9.17, 15) is 4.79 Å². The SMILES string of the molecule is O=C(Cc1ccccn1)NCC1CCN(C2Cc3ccccc3C2)C1. The van der Waals surface area contributed by atoms with Crippen LogP contribution in [0.2, 0.25) is 0 Å². The number of benzene rings is 1. The van der Waals surface area contributed by atoms with Crippen molar-refractivity contribution in [2.24, 2.45) is 5.92 Å². The van der Waals surface area contributed by atoms with E-state index in [2.05, 4.69) is 39.5 Å². The zero-order valence-electron chi connectivity index (χ0n) is 14.5. The molecule has 130 valence electrons. The van der Waals surface area contributed by atoms with Gasteiger partial charge in [0.25, 0.3) is 0 Å². The average Bonchev–Trinajstić information content (AvgIpc) is 3.27. The van der Waals surface area contributed by atoms with Crippen molar-refractivity contribution >= 4 is 5.91 Å². The van der Waals surface area contributed by atoms with Crippen LogP contribution < -0.4 is 5.32 Å². The number of nitrogens with zero attached hydrogens (tertiary/aromatic N) is 2. The summed E-state index contributed by atoms with van der Waals surface area (Å²) in [5.74, 6) is 0.641. The number of amides is 1. The third-order valence-corrected chi connectivity index (χ3v) is 5.52. The molecule has 4 heteroatoms. The summed E-state index contributed by atoms with van der Waals surface area (Å²) in [7, 11) is 0. The van der Waals surface area contributed by atoms with Gasteiger partial charge in [0.05, 0.1) is 6.42 Å². The maximum atomic E-state index is 12.1. The molecule has 1 fully saturated rings. The second-order valence-corrected chi connectivity index (χ2v) is 7.28. The third kappa shape index (κ3) is 3.90. The Morgan fingerprint density at radius 2 is 1.88 bits per heavy atom. The Labute approximate surface area is 149 Å². The van der Waals surface area contributed by atoms with Crippen molar-refractivity contribution in [3.05, 3.63) is 65.5 Å². The summed E-state index contributed by atoms with van der Waals surface area (Å²) < 4.78 is 0. The number of likely N-dealkylation sites (tertiary alicyclic amines) is 1. The minimum absolute atomic E-state index is 0.0745. The van der Waals surface area contributed by atoms with Crippen LogP contribution in [-0.2, 0) is 24.1 Å². The summed E-state index contributed by atoms with van der Waals surface area (Å²) >= 11 is 0. The highest BCUT2D eigenvalue weighted by Gasteiger charge is 2.32. The highest BCUT2D eigenvalue weighted by molar-refractivity contribution is 5.78. The van der Waals surface area contributed by atoms with Gasteiger partial charge in [-0.3, -0.25) is 14.7 Å². The van der Waals surface area contributed by atoms with Crippen LogP contribution in [0.5, 0.6) is 0 Å². The van der Waals surface area contributed by atoms with Gasteiger partial charge in [-0.1, -0.05) is 30.3 Å². The first-order valence-electron chi connectivity index (χ1n) is 9.25. The Morgan fingerprint density at radius 1 is 1.12 bits per heavy atom. The second kappa shape index (κ2) is 7.36. The van der Waals surface area contributed by atoms with Gasteiger partial charge >= 0.3 is 0 Å². The molecule has 1 aliphatic heterocycles. The van der Waals surface area contributed by atoms with E-state index in [0.717, 1.165) is 25.3 Å². The lowest BCUT2D eigenvalue weighted by Gasteiger charge is -2.23. The fourth-order valence-corrected chi connectivity index (χ4v) is 4.14. The fraction of sp³-hybridized carbons (Fsp3) is 0.429. The van der Waals surface area contributed by atoms with Crippen LogP contribution in [0.4, 0.5) is 0 Å². The van der Waals surface area contributed by atoms with Crippen molar-refractivity contribution in [3.63, 3.8) is 0 Å². The number of rotatable bonds is 5. The molecule has 2 aliphatic rings. The van der Waals surface area contributed by atoms with Crippen LogP contribution in [0, 0.1) is 5.92 Å². The molecule has 1 amide bonds. The quantitative estimate of drug-likeness (QED) is 0.911. The maximum Gasteiger partial charge on any atom is 0.226 e. The number of pyridine rings is 1. The van der Waals surface area contributed by atoms with Crippen molar-refractivity contribution < 1.29 is 4.79 Å². The molecule has 2 aromatic rings. The molecular weight excluding hydrogens is 310 g/mol. The Balaban J connectivity index is 1.23. The van der Waals surface area contributed by atoms with Crippen molar-refractivity contribution in [1.29, 1.82) is 0 Å². The van der Waals surface area contributed by atoms with E-state index < -0.39 is 0 Å². The van der Waals surface area contributed by atoms with Gasteiger partial charge in [-0.15, -0.1) is 0 Å². The summed E-state index contributed by atoms with van der Waals surface area (Å²) in [5, 5.41) is 3.10. The molecule has 1 atom stereocenters. The minimum Gasteiger partial charge on any atom is -0.355 e. The first kappa shape index (κ1) is 16.3. The molecule has 0 saturated carbocycles. The van der Waals surface area contributed by atoms with E-state index in [0.29, 0.717) is 18.4 Å². The molecule has 1 aliphatic carbocycles. The Hall–Kier alpha value is -2.20. The molecule has 25 heavy (non-hydrogen) atoms. The van der Waals surface area contributed by atoms with E-state index >= 15 is 0 Å². The van der Waals surface area contributed by atoms with E-state index in [1.165, 1.54) is 30.4 Å². The molecule has 0 spiro atoms. The summed E-state index contributed by atoms with van der Waals surface area (Å²) in [6.07, 6.45) is 5.63. The lowest BCUT2D eigenvalue weighted by Crippen LogP contribution is -2.36. The van der Waals surface area contributed by atoms with Crippen LogP contribution in [0.3, 0.4) is 0 Å². The largest absolute Gasteiger partial charge is 0.355 e. The average molecular weight is 335 g/mol. The molecule has 1 aromatic heterocycles. The molecule has 1 unspecified atom stereocenters. The van der Waals surface area contributed by atoms with Crippen LogP contribution in [0.25, 0.3) is 0 Å². The lowest BCUT2D eigenvalue weighted by atomic mass is 10.1. The molecule has 0 radical (unpaired) electrons. The predicted octanol–water partition coefficient (Wildman–Crippen LogP) is 2.23. The van der Waals surface area contributed by atoms with Gasteiger partial charge in [-0.2, -0.15) is 0 Å². The van der Waals surface area contributed by atoms with Gasteiger partial charge in [0.15, 0.2) is 0 Å². The van der Waals surface area contributed by atoms with Crippen molar-refractivity contribution in [2.45, 2.75) is 31.7 Å². The van der Waals surface area contributed by atoms with Crippen molar-refractivity contribution in [1.82, 2.24) is 15.2 Å². The number of hydrogen-bond donors (Lipinski definition) is 1. The zero-order chi connectivity index (χ0) is 17.1. The van der Waals surface area contributed by atoms with E-state index in [4.69, 9.17) is 0 Å². The normalized spacial score (nSPS) is 20.6. The summed E-state index contributed by atoms with van der Waals surface area (Å²) in [6.45, 7) is 3.03. The minimum atomic E-state index is 0.0745. The number of carbonyl (C=O) groups is 1. The highest BCUT2D eigenvalue weighted by atomic mass is 16.1. The predicted molar refractivity (Wildman–Crippen MR) is 98.3 cm³/mol. The number of carbonyl (C=O) groups excluding carboxylic acids is 1. The number of nitrogens with one attached hydrogen (secondary N) is 1. The van der Waals surface area contributed by atoms with E-state index in [1.54, 1.807) is 6.20 Å². The summed E-state index contributed by atoms with van der Waals surface area (Å²) in [6, 6.07) is 15.2. The Morgan fingerprint density at radius 3 is 2.60 bits per heavy atom. The van der Waals surface area contributed by atoms with Gasteiger partial charge in [0, 0.05) is 31.0 Å². The second-order valence-electron chi connectivity index (χ2n) is 7.28. The van der Waals surface area contributed by atoms with E-state index in [1.807, 2.05) is 18.2 Å². The first-order chi connectivity index (χ1) is 12.3. The molecule has 4 nitrogen and oxygen atoms in total. The maximum absolute atomic E-state index is 12.1. The van der Waals surface area contributed by atoms with Crippen LogP contribution in [0.15, 0.2) is 48.7 Å². The fourth-order valence-electron chi connectivity index (χ4n) is 4.14. The number of hydrogen-bond acceptors (Lipinski definition) is 3. The molecule has 1 aromatic carbocycles. The van der Waals surface area contributed by atoms with Gasteiger partial charge in [-0.25, -0.2) is 0 Å². The summed E-state index contributed by atoms with van der Waals surface area (Å²) in [4.78, 5) is 18.9. The van der Waals surface area contributed by atoms with Crippen LogP contribution in [-0.4, -0.2) is 41.5 Å². The molecule has 0 bridgehead atoms. The zero-order valence-corrected chi connectivity index (χ0v) is 14.5. The molecular formula is C21H25N3O. The smallest absolute Gasteiger partial charge is 0.226 e. The first-order valence-corrected chi connectivity index (χ1v) is 9.25. The standard InChI is InChI=1S/C21H25N3O/c25-21(13-19-7-3-4-9-22-19)23-14-16-8-10-24(15-16)20-11-17-5-1-2-6-18(17)12-20/h1-7,9,16,20H,8,10-15H2,(H,23,25). The van der Waals surface area contributed by atoms with Crippen molar-refractivity contribution in [3.8, 4) is 0 Å². The van der Waals surface area contributed by atoms with Crippen LogP contribution >= 0.6 is 0 Å². The lowest BCUT2D eigenvalue weighted by molar-refractivity contribution is -0.120. The van der Waals surface area contributed by atoms with E-state index in [-0.39, 0.29) is 5.91 Å². The van der Waals surface area contributed by atoms with Crippen molar-refractivity contribution in [2.75, 3.05) is 19.6 Å². The van der Waals surface area contributed by atoms with Gasteiger partial charge in [0.1, 0.15) is 0 Å². The Kier molecular flexibility index (Phi) is 4.79. The van der Waals surface area contributed by atoms with Gasteiger partial charge in [-0.05, 0) is 55.0 Å². The van der Waals surface area contributed by atoms with Gasteiger partial charge in [0.2, 0.25) is 5.91 Å². The molecule has 2 heterocycles. The monoisotopic (exact) mass is 335 g/mol. The topological polar surface area (TPSA) is 45.2 Å². The molecule has 4 rings (SSSR count). The van der Waals surface area contributed by atoms with Crippen LogP contribution in [0.1, 0.15) is 23.2 Å². The van der Waals surface area contributed by atoms with Gasteiger partial charge < -0.3 is 5.32 Å². The highest BCUT2D eigenvalue weighted by Crippen LogP contribution is 2.29. The number of aromatic nitrogens is 1. The number of fused-ring (bicyclic) bond motifs is 1.